The summed E-state index contributed by atoms with van der Waals surface area (Å²) in [6.07, 6.45) is 6.38. The van der Waals surface area contributed by atoms with Crippen molar-refractivity contribution in [3.63, 3.8) is 0 Å². The van der Waals surface area contributed by atoms with Crippen LogP contribution in [-0.2, 0) is 4.79 Å². The van der Waals surface area contributed by atoms with Crippen LogP contribution in [-0.4, -0.2) is 19.7 Å². The van der Waals surface area contributed by atoms with Crippen LogP contribution in [0.4, 0.5) is 0 Å². The standard InChI is InChI=1S/C27H27BrO4/c1-3-4-8-17-31-25-14-11-20(18-26(25)30-2)12-16-27(29)32-24-15-13-22(19-23(24)28)21-9-6-5-7-10-21/h5-7,9-16,18-19H,3-4,8,17H2,1-2H3/b16-12+. The third-order valence-electron chi connectivity index (χ3n) is 4.85. The van der Waals surface area contributed by atoms with Gasteiger partial charge in [-0.2, -0.15) is 0 Å². The lowest BCUT2D eigenvalue weighted by Gasteiger charge is -2.11. The Hall–Kier alpha value is -3.05. The van der Waals surface area contributed by atoms with Crippen LogP contribution in [0.5, 0.6) is 17.2 Å². The number of esters is 1. The van der Waals surface area contributed by atoms with E-state index in [9.17, 15) is 4.79 Å². The Kier molecular flexibility index (Phi) is 8.93. The summed E-state index contributed by atoms with van der Waals surface area (Å²) in [5.41, 5.74) is 2.95. The molecule has 0 spiro atoms. The van der Waals surface area contributed by atoms with Crippen molar-refractivity contribution in [3.8, 4) is 28.4 Å². The maximum Gasteiger partial charge on any atom is 0.336 e. The summed E-state index contributed by atoms with van der Waals surface area (Å²) in [6, 6.07) is 21.2. The van der Waals surface area contributed by atoms with Gasteiger partial charge < -0.3 is 14.2 Å². The average Bonchev–Trinajstić information content (AvgIpc) is 2.82. The Morgan fingerprint density at radius 1 is 0.906 bits per heavy atom. The highest BCUT2D eigenvalue weighted by Crippen LogP contribution is 2.31. The van der Waals surface area contributed by atoms with Crippen molar-refractivity contribution in [2.75, 3.05) is 13.7 Å². The molecule has 4 nitrogen and oxygen atoms in total. The van der Waals surface area contributed by atoms with Gasteiger partial charge in [0.05, 0.1) is 18.2 Å². The van der Waals surface area contributed by atoms with E-state index in [4.69, 9.17) is 14.2 Å². The zero-order chi connectivity index (χ0) is 22.8. The summed E-state index contributed by atoms with van der Waals surface area (Å²) in [6.45, 7) is 2.81. The molecule has 0 heterocycles. The van der Waals surface area contributed by atoms with E-state index in [1.54, 1.807) is 19.3 Å². The molecule has 0 saturated heterocycles. The van der Waals surface area contributed by atoms with E-state index in [1.807, 2.05) is 60.7 Å². The van der Waals surface area contributed by atoms with Crippen LogP contribution in [0.1, 0.15) is 31.7 Å². The second kappa shape index (κ2) is 12.1. The van der Waals surface area contributed by atoms with E-state index >= 15 is 0 Å². The summed E-state index contributed by atoms with van der Waals surface area (Å²) in [5, 5.41) is 0. The number of unbranched alkanes of at least 4 members (excludes halogenated alkanes) is 2. The van der Waals surface area contributed by atoms with Crippen LogP contribution < -0.4 is 14.2 Å². The Bertz CT molecular complexity index is 1060. The van der Waals surface area contributed by atoms with Crippen LogP contribution in [0.3, 0.4) is 0 Å². The van der Waals surface area contributed by atoms with E-state index in [-0.39, 0.29) is 0 Å². The maximum absolute atomic E-state index is 12.3. The van der Waals surface area contributed by atoms with Gasteiger partial charge in [-0.05, 0) is 69.4 Å². The normalized spacial score (nSPS) is 10.8. The van der Waals surface area contributed by atoms with Crippen LogP contribution >= 0.6 is 15.9 Å². The molecule has 3 aromatic carbocycles. The van der Waals surface area contributed by atoms with Gasteiger partial charge in [-0.15, -0.1) is 0 Å². The van der Waals surface area contributed by atoms with Gasteiger partial charge in [0.25, 0.3) is 0 Å². The van der Waals surface area contributed by atoms with E-state index in [0.717, 1.165) is 36.0 Å². The number of benzene rings is 3. The van der Waals surface area contributed by atoms with Crippen LogP contribution in [0, 0.1) is 0 Å². The lowest BCUT2D eigenvalue weighted by molar-refractivity contribution is -0.128. The van der Waals surface area contributed by atoms with Gasteiger partial charge in [0.2, 0.25) is 0 Å². The van der Waals surface area contributed by atoms with Crippen LogP contribution in [0.15, 0.2) is 77.3 Å². The second-order valence-corrected chi connectivity index (χ2v) is 8.09. The smallest absolute Gasteiger partial charge is 0.336 e. The number of ether oxygens (including phenoxy) is 3. The molecule has 0 unspecified atom stereocenters. The van der Waals surface area contributed by atoms with E-state index in [2.05, 4.69) is 22.9 Å². The van der Waals surface area contributed by atoms with Crippen molar-refractivity contribution >= 4 is 28.0 Å². The quantitative estimate of drug-likeness (QED) is 0.128. The number of hydrogen-bond donors (Lipinski definition) is 0. The van der Waals surface area contributed by atoms with Gasteiger partial charge in [-0.1, -0.05) is 62.2 Å². The molecule has 3 rings (SSSR count). The average molecular weight is 495 g/mol. The van der Waals surface area contributed by atoms with Gasteiger partial charge >= 0.3 is 5.97 Å². The number of methoxy groups -OCH3 is 1. The van der Waals surface area contributed by atoms with Crippen LogP contribution in [0.25, 0.3) is 17.2 Å². The molecule has 3 aromatic rings. The molecule has 0 bridgehead atoms. The molecule has 166 valence electrons. The Labute approximate surface area is 198 Å². The first-order valence-corrected chi connectivity index (χ1v) is 11.5. The SMILES string of the molecule is CCCCCOc1ccc(/C=C/C(=O)Oc2ccc(-c3ccccc3)cc2Br)cc1OC. The van der Waals surface area contributed by atoms with Crippen molar-refractivity contribution < 1.29 is 19.0 Å². The van der Waals surface area contributed by atoms with Crippen molar-refractivity contribution in [1.29, 1.82) is 0 Å². The summed E-state index contributed by atoms with van der Waals surface area (Å²) >= 11 is 3.49. The van der Waals surface area contributed by atoms with Gasteiger partial charge in [0.1, 0.15) is 5.75 Å². The molecule has 0 aliphatic rings. The third kappa shape index (κ3) is 6.72. The van der Waals surface area contributed by atoms with E-state index < -0.39 is 5.97 Å². The minimum atomic E-state index is -0.461. The van der Waals surface area contributed by atoms with Crippen molar-refractivity contribution in [2.24, 2.45) is 0 Å². The van der Waals surface area contributed by atoms with Crippen molar-refractivity contribution in [1.82, 2.24) is 0 Å². The summed E-state index contributed by atoms with van der Waals surface area (Å²) in [5.74, 6) is 1.34. The number of hydrogen-bond acceptors (Lipinski definition) is 4. The first-order valence-electron chi connectivity index (χ1n) is 10.7. The maximum atomic E-state index is 12.3. The monoisotopic (exact) mass is 494 g/mol. The molecule has 0 fully saturated rings. The molecular formula is C27H27BrO4. The highest BCUT2D eigenvalue weighted by molar-refractivity contribution is 9.10. The number of carbonyl (C=O) groups is 1. The fourth-order valence-electron chi connectivity index (χ4n) is 3.14. The molecule has 0 N–H and O–H groups in total. The first-order chi connectivity index (χ1) is 15.6. The van der Waals surface area contributed by atoms with Gasteiger partial charge in [-0.3, -0.25) is 0 Å². The molecular weight excluding hydrogens is 468 g/mol. The highest BCUT2D eigenvalue weighted by Gasteiger charge is 2.09. The van der Waals surface area contributed by atoms with Gasteiger partial charge in [0.15, 0.2) is 11.5 Å². The number of rotatable bonds is 10. The molecule has 0 aliphatic carbocycles. The number of carbonyl (C=O) groups excluding carboxylic acids is 1. The van der Waals surface area contributed by atoms with Crippen molar-refractivity contribution in [3.05, 3.63) is 82.8 Å². The lowest BCUT2D eigenvalue weighted by Crippen LogP contribution is -2.04. The van der Waals surface area contributed by atoms with Crippen molar-refractivity contribution in [2.45, 2.75) is 26.2 Å². The topological polar surface area (TPSA) is 44.8 Å². The number of halogens is 1. The molecule has 32 heavy (non-hydrogen) atoms. The summed E-state index contributed by atoms with van der Waals surface area (Å²) in [4.78, 5) is 12.3. The third-order valence-corrected chi connectivity index (χ3v) is 5.47. The van der Waals surface area contributed by atoms with E-state index in [0.29, 0.717) is 28.3 Å². The Balaban J connectivity index is 1.62. The molecule has 0 radical (unpaired) electrons. The highest BCUT2D eigenvalue weighted by atomic mass is 79.9. The Morgan fingerprint density at radius 3 is 2.41 bits per heavy atom. The Morgan fingerprint density at radius 2 is 1.69 bits per heavy atom. The lowest BCUT2D eigenvalue weighted by atomic mass is 10.1. The van der Waals surface area contributed by atoms with Crippen LogP contribution in [0.2, 0.25) is 0 Å². The fourth-order valence-corrected chi connectivity index (χ4v) is 3.60. The molecule has 0 saturated carbocycles. The largest absolute Gasteiger partial charge is 0.493 e. The zero-order valence-corrected chi connectivity index (χ0v) is 19.9. The minimum absolute atomic E-state index is 0.461. The summed E-state index contributed by atoms with van der Waals surface area (Å²) < 4.78 is 17.4. The zero-order valence-electron chi connectivity index (χ0n) is 18.3. The van der Waals surface area contributed by atoms with Gasteiger partial charge in [-0.25, -0.2) is 4.79 Å². The second-order valence-electron chi connectivity index (χ2n) is 7.23. The summed E-state index contributed by atoms with van der Waals surface area (Å²) in [7, 11) is 1.60. The predicted octanol–water partition coefficient (Wildman–Crippen LogP) is 7.31. The van der Waals surface area contributed by atoms with Gasteiger partial charge in [0, 0.05) is 6.08 Å². The molecule has 0 aromatic heterocycles. The van der Waals surface area contributed by atoms with E-state index in [1.165, 1.54) is 6.08 Å². The molecule has 0 aliphatic heterocycles. The molecule has 0 atom stereocenters. The minimum Gasteiger partial charge on any atom is -0.493 e. The molecule has 0 amide bonds. The fraction of sp³-hybridized carbons (Fsp3) is 0.222. The molecule has 5 heteroatoms. The first kappa shape index (κ1) is 23.6. The predicted molar refractivity (Wildman–Crippen MR) is 132 cm³/mol.